The van der Waals surface area contributed by atoms with E-state index in [9.17, 15) is 18.1 Å². The van der Waals surface area contributed by atoms with E-state index >= 15 is 0 Å². The number of nitrogens with zero attached hydrogens (tertiary/aromatic N) is 6. The van der Waals surface area contributed by atoms with Crippen LogP contribution in [0, 0.1) is 13.8 Å². The molecule has 6 rings (SSSR count). The molecule has 54 heavy (non-hydrogen) atoms. The standard InChI is InChI=1S/C39H35N7O7S/c1-23-17-33(35(52-4)21-31(23)42-41-27-9-7-6-8-10-27)44-43-32-22-36(53-5)34(18-24(32)2)45-46-38-37(54(48,49)50)20-25-19-28(13-16-30(25)39(38)47)40-26-11-14-29(51-3)15-12-26/h6-22,40,47H,1-5H3,(H,48,49,50). The Morgan fingerprint density at radius 2 is 1.15 bits per heavy atom. The summed E-state index contributed by atoms with van der Waals surface area (Å²) in [5.41, 5.74) is 4.80. The van der Waals surface area contributed by atoms with Crippen molar-refractivity contribution in [2.75, 3.05) is 26.6 Å². The first kappa shape index (κ1) is 37.1. The van der Waals surface area contributed by atoms with Gasteiger partial charge in [0.05, 0.1) is 38.4 Å². The predicted molar refractivity (Wildman–Crippen MR) is 206 cm³/mol. The minimum atomic E-state index is -4.85. The van der Waals surface area contributed by atoms with Gasteiger partial charge in [0, 0.05) is 28.9 Å². The number of ether oxygens (including phenoxy) is 3. The second-order valence-electron chi connectivity index (χ2n) is 11.9. The van der Waals surface area contributed by atoms with Gasteiger partial charge in [-0.2, -0.15) is 23.8 Å². The smallest absolute Gasteiger partial charge is 0.296 e. The van der Waals surface area contributed by atoms with Crippen LogP contribution in [0.2, 0.25) is 0 Å². The number of rotatable bonds is 12. The number of hydrogen-bond acceptors (Lipinski definition) is 13. The Balaban J connectivity index is 1.29. The van der Waals surface area contributed by atoms with Gasteiger partial charge in [0.1, 0.15) is 39.2 Å². The summed E-state index contributed by atoms with van der Waals surface area (Å²) < 4.78 is 51.5. The maximum atomic E-state index is 12.5. The van der Waals surface area contributed by atoms with Gasteiger partial charge in [-0.15, -0.1) is 15.3 Å². The van der Waals surface area contributed by atoms with Crippen molar-refractivity contribution in [1.29, 1.82) is 0 Å². The number of methoxy groups -OCH3 is 3. The van der Waals surface area contributed by atoms with Crippen molar-refractivity contribution in [1.82, 2.24) is 0 Å². The van der Waals surface area contributed by atoms with Gasteiger partial charge in [-0.05, 0) is 103 Å². The fraction of sp³-hybridized carbons (Fsp3) is 0.128. The first-order valence-corrected chi connectivity index (χ1v) is 17.8. The molecule has 0 bridgehead atoms. The van der Waals surface area contributed by atoms with Crippen molar-refractivity contribution in [2.45, 2.75) is 18.7 Å². The molecule has 0 fully saturated rings. The Kier molecular flexibility index (Phi) is 10.9. The highest BCUT2D eigenvalue weighted by Crippen LogP contribution is 2.44. The Morgan fingerprint density at radius 1 is 0.593 bits per heavy atom. The topological polar surface area (TPSA) is 188 Å². The highest BCUT2D eigenvalue weighted by Gasteiger charge is 2.23. The lowest BCUT2D eigenvalue weighted by atomic mass is 10.1. The van der Waals surface area contributed by atoms with E-state index in [2.05, 4.69) is 36.0 Å². The van der Waals surface area contributed by atoms with Crippen molar-refractivity contribution >= 4 is 66.4 Å². The number of azo groups is 3. The summed E-state index contributed by atoms with van der Waals surface area (Å²) in [6.07, 6.45) is 0. The molecule has 0 unspecified atom stereocenters. The van der Waals surface area contributed by atoms with Gasteiger partial charge in [-0.25, -0.2) is 0 Å². The predicted octanol–water partition coefficient (Wildman–Crippen LogP) is 11.4. The number of hydrogen-bond donors (Lipinski definition) is 3. The maximum absolute atomic E-state index is 12.5. The zero-order valence-corrected chi connectivity index (χ0v) is 30.7. The summed E-state index contributed by atoms with van der Waals surface area (Å²) in [6.45, 7) is 3.65. The van der Waals surface area contributed by atoms with Crippen LogP contribution in [0.3, 0.4) is 0 Å². The summed E-state index contributed by atoms with van der Waals surface area (Å²) in [5.74, 6) is 0.880. The molecule has 3 N–H and O–H groups in total. The van der Waals surface area contributed by atoms with Crippen LogP contribution < -0.4 is 19.5 Å². The van der Waals surface area contributed by atoms with E-state index in [1.807, 2.05) is 49.4 Å². The van der Waals surface area contributed by atoms with Crippen molar-refractivity contribution in [2.24, 2.45) is 30.7 Å². The molecule has 0 heterocycles. The van der Waals surface area contributed by atoms with Gasteiger partial charge in [0.2, 0.25) is 0 Å². The third-order valence-corrected chi connectivity index (χ3v) is 9.12. The van der Waals surface area contributed by atoms with Gasteiger partial charge in [-0.1, -0.05) is 18.2 Å². The van der Waals surface area contributed by atoms with Crippen molar-refractivity contribution in [3.8, 4) is 23.0 Å². The zero-order valence-electron chi connectivity index (χ0n) is 29.8. The molecule has 0 spiro atoms. The van der Waals surface area contributed by atoms with Crippen LogP contribution in [0.1, 0.15) is 11.1 Å². The molecule has 0 aliphatic carbocycles. The molecule has 0 aromatic heterocycles. The monoisotopic (exact) mass is 745 g/mol. The Hall–Kier alpha value is -6.71. The number of phenols is 1. The Labute approximate surface area is 311 Å². The first-order valence-electron chi connectivity index (χ1n) is 16.3. The summed E-state index contributed by atoms with van der Waals surface area (Å²) in [7, 11) is -0.330. The quantitative estimate of drug-likeness (QED) is 0.0814. The van der Waals surface area contributed by atoms with E-state index < -0.39 is 26.5 Å². The van der Waals surface area contributed by atoms with E-state index in [4.69, 9.17) is 14.2 Å². The van der Waals surface area contributed by atoms with Gasteiger partial charge >= 0.3 is 0 Å². The van der Waals surface area contributed by atoms with Crippen LogP contribution in [0.4, 0.5) is 45.5 Å². The fourth-order valence-corrected chi connectivity index (χ4v) is 6.06. The van der Waals surface area contributed by atoms with Gasteiger partial charge in [0.15, 0.2) is 5.75 Å². The Morgan fingerprint density at radius 3 is 1.72 bits per heavy atom. The molecule has 274 valence electrons. The summed E-state index contributed by atoms with van der Waals surface area (Å²) in [6, 6.07) is 29.5. The maximum Gasteiger partial charge on any atom is 0.296 e. The van der Waals surface area contributed by atoms with Crippen molar-refractivity contribution in [3.63, 3.8) is 0 Å². The lowest BCUT2D eigenvalue weighted by molar-refractivity contribution is 0.415. The number of anilines is 2. The van der Waals surface area contributed by atoms with E-state index in [1.54, 1.807) is 68.6 Å². The molecule has 0 saturated carbocycles. The normalized spacial score (nSPS) is 11.9. The zero-order chi connectivity index (χ0) is 38.4. The van der Waals surface area contributed by atoms with Crippen LogP contribution >= 0.6 is 0 Å². The number of nitrogens with one attached hydrogen (secondary N) is 1. The largest absolute Gasteiger partial charge is 0.505 e. The van der Waals surface area contributed by atoms with Crippen LogP contribution in [0.25, 0.3) is 10.8 Å². The van der Waals surface area contributed by atoms with Crippen molar-refractivity contribution in [3.05, 3.63) is 114 Å². The lowest BCUT2D eigenvalue weighted by Crippen LogP contribution is -1.99. The summed E-state index contributed by atoms with van der Waals surface area (Å²) in [5, 5.41) is 40.9. The minimum absolute atomic E-state index is 0.204. The third-order valence-electron chi connectivity index (χ3n) is 8.26. The summed E-state index contributed by atoms with van der Waals surface area (Å²) in [4.78, 5) is -0.629. The Bertz CT molecular complexity index is 2540. The molecular formula is C39H35N7O7S. The average molecular weight is 746 g/mol. The number of phenolic OH excluding ortho intramolecular Hbond substituents is 1. The van der Waals surface area contributed by atoms with Gasteiger partial charge in [0.25, 0.3) is 10.1 Å². The molecule has 15 heteroatoms. The van der Waals surface area contributed by atoms with Crippen LogP contribution in [-0.4, -0.2) is 39.4 Å². The molecule has 0 radical (unpaired) electrons. The highest BCUT2D eigenvalue weighted by molar-refractivity contribution is 7.86. The highest BCUT2D eigenvalue weighted by atomic mass is 32.2. The SMILES string of the molecule is COc1ccc(Nc2ccc3c(O)c(N=Nc4cc(C)c(N=Nc5cc(C)c(N=Nc6ccccc6)cc5OC)cc4OC)c(S(=O)(=O)O)cc3c2)cc1. The summed E-state index contributed by atoms with van der Waals surface area (Å²) >= 11 is 0. The number of fused-ring (bicyclic) bond motifs is 1. The van der Waals surface area contributed by atoms with Crippen LogP contribution in [-0.2, 0) is 10.1 Å². The van der Waals surface area contributed by atoms with E-state index in [0.29, 0.717) is 50.9 Å². The van der Waals surface area contributed by atoms with Gasteiger partial charge in [-0.3, -0.25) is 4.55 Å². The van der Waals surface area contributed by atoms with Gasteiger partial charge < -0.3 is 24.6 Å². The minimum Gasteiger partial charge on any atom is -0.505 e. The van der Waals surface area contributed by atoms with E-state index in [0.717, 1.165) is 11.3 Å². The molecule has 6 aromatic carbocycles. The van der Waals surface area contributed by atoms with E-state index in [-0.39, 0.29) is 16.8 Å². The molecule has 0 amide bonds. The van der Waals surface area contributed by atoms with Crippen molar-refractivity contribution < 1.29 is 32.3 Å². The number of benzene rings is 6. The van der Waals surface area contributed by atoms with Crippen LogP contribution in [0.5, 0.6) is 23.0 Å². The second kappa shape index (κ2) is 15.9. The average Bonchev–Trinajstić information content (AvgIpc) is 3.17. The fourth-order valence-electron chi connectivity index (χ4n) is 5.40. The molecule has 14 nitrogen and oxygen atoms in total. The second-order valence-corrected chi connectivity index (χ2v) is 13.3. The molecule has 0 saturated heterocycles. The molecule has 6 aromatic rings. The van der Waals surface area contributed by atoms with E-state index in [1.165, 1.54) is 20.3 Å². The molecular weight excluding hydrogens is 711 g/mol. The first-order chi connectivity index (χ1) is 26.0. The third kappa shape index (κ3) is 8.33. The molecule has 0 aliphatic rings. The lowest BCUT2D eigenvalue weighted by Gasteiger charge is -2.12. The number of aryl methyl sites for hydroxylation is 2. The number of aromatic hydroxyl groups is 1. The molecule has 0 aliphatic heterocycles. The van der Waals surface area contributed by atoms with Crippen LogP contribution in [0.15, 0.2) is 139 Å². The molecule has 0 atom stereocenters.